The van der Waals surface area contributed by atoms with Crippen molar-refractivity contribution < 1.29 is 9.66 Å². The van der Waals surface area contributed by atoms with E-state index in [2.05, 4.69) is 15.6 Å². The predicted octanol–water partition coefficient (Wildman–Crippen LogP) is 2.09. The van der Waals surface area contributed by atoms with Crippen molar-refractivity contribution in [2.24, 2.45) is 0 Å². The highest BCUT2D eigenvalue weighted by molar-refractivity contribution is 5.56. The molecule has 0 unspecified atom stereocenters. The molecule has 112 valence electrons. The normalized spacial score (nSPS) is 10.6. The van der Waals surface area contributed by atoms with Crippen LogP contribution in [0, 0.1) is 10.1 Å². The van der Waals surface area contributed by atoms with E-state index in [0.717, 1.165) is 0 Å². The molecule has 0 spiro atoms. The second-order valence-electron chi connectivity index (χ2n) is 4.73. The van der Waals surface area contributed by atoms with E-state index >= 15 is 0 Å². The van der Waals surface area contributed by atoms with Gasteiger partial charge in [0, 0.05) is 30.6 Å². The number of hydrogen-bond acceptors (Lipinski definition) is 6. The fourth-order valence-electron chi connectivity index (χ4n) is 1.80. The summed E-state index contributed by atoms with van der Waals surface area (Å²) in [4.78, 5) is 10.5. The quantitative estimate of drug-likeness (QED) is 0.620. The molecule has 0 bridgehead atoms. The van der Waals surface area contributed by atoms with Gasteiger partial charge in [-0.25, -0.2) is 0 Å². The molecule has 0 aliphatic heterocycles. The first-order chi connectivity index (χ1) is 10.0. The summed E-state index contributed by atoms with van der Waals surface area (Å²) >= 11 is 0. The topological polar surface area (TPSA) is 95.1 Å². The molecule has 2 rings (SSSR count). The number of nitrogens with zero attached hydrogens (tertiary/aromatic N) is 4. The lowest BCUT2D eigenvalue weighted by Gasteiger charge is -2.12. The van der Waals surface area contributed by atoms with Crippen LogP contribution in [0.1, 0.15) is 13.8 Å². The van der Waals surface area contributed by atoms with Gasteiger partial charge in [0.05, 0.1) is 29.8 Å². The summed E-state index contributed by atoms with van der Waals surface area (Å²) in [6, 6.07) is 4.64. The molecule has 0 atom stereocenters. The van der Waals surface area contributed by atoms with Crippen molar-refractivity contribution in [1.29, 1.82) is 0 Å². The van der Waals surface area contributed by atoms with Crippen LogP contribution in [0.2, 0.25) is 0 Å². The van der Waals surface area contributed by atoms with Crippen molar-refractivity contribution in [3.05, 3.63) is 40.7 Å². The summed E-state index contributed by atoms with van der Waals surface area (Å²) in [6.45, 7) is 4.93. The highest BCUT2D eigenvalue weighted by atomic mass is 16.6. The minimum Gasteiger partial charge on any atom is -0.491 e. The number of hydrogen-bond donors (Lipinski definition) is 1. The van der Waals surface area contributed by atoms with E-state index in [1.807, 2.05) is 13.8 Å². The van der Waals surface area contributed by atoms with E-state index in [1.54, 1.807) is 23.1 Å². The second kappa shape index (κ2) is 6.69. The van der Waals surface area contributed by atoms with E-state index in [4.69, 9.17) is 4.74 Å². The van der Waals surface area contributed by atoms with Crippen LogP contribution in [0.15, 0.2) is 30.6 Å². The molecule has 0 saturated carbocycles. The third-order valence-electron chi connectivity index (χ3n) is 2.62. The lowest BCUT2D eigenvalue weighted by atomic mass is 10.2. The van der Waals surface area contributed by atoms with Crippen molar-refractivity contribution in [3.8, 4) is 5.75 Å². The van der Waals surface area contributed by atoms with Crippen LogP contribution in [-0.4, -0.2) is 32.6 Å². The SMILES string of the molecule is CC(C)Oc1cc(NCCn2ccnn2)cc([N+](=O)[O-])c1. The molecule has 1 aromatic carbocycles. The lowest BCUT2D eigenvalue weighted by Crippen LogP contribution is -2.12. The number of aromatic nitrogens is 3. The molecule has 1 heterocycles. The maximum atomic E-state index is 11.0. The van der Waals surface area contributed by atoms with Crippen LogP contribution in [0.3, 0.4) is 0 Å². The number of nitro groups is 1. The molecule has 2 aromatic rings. The molecule has 0 saturated heterocycles. The Labute approximate surface area is 121 Å². The van der Waals surface area contributed by atoms with Crippen molar-refractivity contribution in [2.45, 2.75) is 26.5 Å². The van der Waals surface area contributed by atoms with Gasteiger partial charge < -0.3 is 10.1 Å². The highest BCUT2D eigenvalue weighted by Gasteiger charge is 2.11. The zero-order valence-electron chi connectivity index (χ0n) is 11.9. The second-order valence-corrected chi connectivity index (χ2v) is 4.73. The van der Waals surface area contributed by atoms with Crippen LogP contribution in [0.4, 0.5) is 11.4 Å². The van der Waals surface area contributed by atoms with Crippen molar-refractivity contribution >= 4 is 11.4 Å². The number of benzene rings is 1. The Hall–Kier alpha value is -2.64. The van der Waals surface area contributed by atoms with Crippen molar-refractivity contribution in [3.63, 3.8) is 0 Å². The van der Waals surface area contributed by atoms with Crippen LogP contribution in [-0.2, 0) is 6.54 Å². The fourth-order valence-corrected chi connectivity index (χ4v) is 1.80. The first kappa shape index (κ1) is 14.8. The maximum absolute atomic E-state index is 11.0. The van der Waals surface area contributed by atoms with Crippen LogP contribution >= 0.6 is 0 Å². The van der Waals surface area contributed by atoms with Gasteiger partial charge in [-0.3, -0.25) is 14.8 Å². The Kier molecular flexibility index (Phi) is 4.70. The average Bonchev–Trinajstić information content (AvgIpc) is 2.90. The summed E-state index contributed by atoms with van der Waals surface area (Å²) in [5.41, 5.74) is 0.636. The van der Waals surface area contributed by atoms with Gasteiger partial charge in [0.15, 0.2) is 0 Å². The van der Waals surface area contributed by atoms with E-state index in [-0.39, 0.29) is 11.8 Å². The van der Waals surface area contributed by atoms with Gasteiger partial charge in [-0.1, -0.05) is 5.21 Å². The zero-order valence-corrected chi connectivity index (χ0v) is 11.9. The van der Waals surface area contributed by atoms with Gasteiger partial charge >= 0.3 is 0 Å². The van der Waals surface area contributed by atoms with Gasteiger partial charge in [-0.2, -0.15) is 0 Å². The van der Waals surface area contributed by atoms with Crippen LogP contribution in [0.5, 0.6) is 5.75 Å². The molecule has 21 heavy (non-hydrogen) atoms. The number of non-ortho nitro benzene ring substituents is 1. The Morgan fingerprint density at radius 1 is 1.43 bits per heavy atom. The van der Waals surface area contributed by atoms with Gasteiger partial charge in [-0.15, -0.1) is 5.10 Å². The number of rotatable bonds is 7. The molecule has 0 aliphatic rings. The van der Waals surface area contributed by atoms with Crippen LogP contribution < -0.4 is 10.1 Å². The minimum atomic E-state index is -0.435. The van der Waals surface area contributed by atoms with Gasteiger partial charge in [-0.05, 0) is 13.8 Å². The first-order valence-corrected chi connectivity index (χ1v) is 6.58. The summed E-state index contributed by atoms with van der Waals surface area (Å²) in [7, 11) is 0. The Morgan fingerprint density at radius 2 is 2.24 bits per heavy atom. The standard InChI is InChI=1S/C13H17N5O3/c1-10(2)21-13-8-11(7-12(9-13)18(19)20)14-3-5-17-6-4-15-16-17/h4,6-10,14H,3,5H2,1-2H3. The summed E-state index contributed by atoms with van der Waals surface area (Å²) in [6.07, 6.45) is 3.31. The summed E-state index contributed by atoms with van der Waals surface area (Å²) in [5.74, 6) is 0.474. The molecule has 0 fully saturated rings. The van der Waals surface area contributed by atoms with Crippen molar-refractivity contribution in [1.82, 2.24) is 15.0 Å². The van der Waals surface area contributed by atoms with E-state index < -0.39 is 4.92 Å². The Bertz CT molecular complexity index is 598. The minimum absolute atomic E-state index is 0.00333. The number of nitrogens with one attached hydrogen (secondary N) is 1. The van der Waals surface area contributed by atoms with Crippen LogP contribution in [0.25, 0.3) is 0 Å². The smallest absolute Gasteiger partial charge is 0.275 e. The number of anilines is 1. The molecule has 0 radical (unpaired) electrons. The van der Waals surface area contributed by atoms with Gasteiger partial charge in [0.1, 0.15) is 5.75 Å². The molecule has 1 aromatic heterocycles. The number of nitro benzene ring substituents is 1. The lowest BCUT2D eigenvalue weighted by molar-refractivity contribution is -0.384. The monoisotopic (exact) mass is 291 g/mol. The Morgan fingerprint density at radius 3 is 2.86 bits per heavy atom. The number of ether oxygens (including phenoxy) is 1. The molecule has 1 N–H and O–H groups in total. The Balaban J connectivity index is 2.06. The molecule has 8 heteroatoms. The third-order valence-corrected chi connectivity index (χ3v) is 2.62. The molecule has 0 aliphatic carbocycles. The molecular formula is C13H17N5O3. The summed E-state index contributed by atoms with van der Waals surface area (Å²) < 4.78 is 7.20. The maximum Gasteiger partial charge on any atom is 0.275 e. The van der Waals surface area contributed by atoms with E-state index in [1.165, 1.54) is 12.1 Å². The first-order valence-electron chi connectivity index (χ1n) is 6.58. The molecular weight excluding hydrogens is 274 g/mol. The molecule has 0 amide bonds. The predicted molar refractivity (Wildman–Crippen MR) is 77.4 cm³/mol. The van der Waals surface area contributed by atoms with Crippen molar-refractivity contribution in [2.75, 3.05) is 11.9 Å². The van der Waals surface area contributed by atoms with E-state index in [0.29, 0.717) is 24.5 Å². The molecule has 8 nitrogen and oxygen atoms in total. The van der Waals surface area contributed by atoms with Gasteiger partial charge in [0.25, 0.3) is 5.69 Å². The van der Waals surface area contributed by atoms with E-state index in [9.17, 15) is 10.1 Å². The largest absolute Gasteiger partial charge is 0.491 e. The average molecular weight is 291 g/mol. The fraction of sp³-hybridized carbons (Fsp3) is 0.385. The van der Waals surface area contributed by atoms with Gasteiger partial charge in [0.2, 0.25) is 0 Å². The summed E-state index contributed by atoms with van der Waals surface area (Å²) in [5, 5.41) is 21.6. The zero-order chi connectivity index (χ0) is 15.2. The highest BCUT2D eigenvalue weighted by Crippen LogP contribution is 2.26. The third kappa shape index (κ3) is 4.44.